The maximum absolute atomic E-state index is 4.24. The Hall–Kier alpha value is -3.22. The van der Waals surface area contributed by atoms with Gasteiger partial charge in [0.15, 0.2) is 5.65 Å². The molecule has 4 heterocycles. The highest BCUT2D eigenvalue weighted by Crippen LogP contribution is 1.98. The second-order valence-electron chi connectivity index (χ2n) is 4.85. The highest BCUT2D eigenvalue weighted by Gasteiger charge is 1.91. The van der Waals surface area contributed by atoms with Gasteiger partial charge in [0.05, 0.1) is 6.20 Å². The number of hydrogen-bond acceptors (Lipinski definition) is 6. The van der Waals surface area contributed by atoms with Crippen LogP contribution in [-0.4, -0.2) is 34.5 Å². The van der Waals surface area contributed by atoms with Crippen molar-refractivity contribution in [3.8, 4) is 0 Å². The van der Waals surface area contributed by atoms with E-state index in [1.165, 1.54) is 6.33 Å². The molecule has 0 atom stereocenters. The van der Waals surface area contributed by atoms with E-state index in [1.807, 2.05) is 86.7 Å². The van der Waals surface area contributed by atoms with E-state index in [9.17, 15) is 0 Å². The van der Waals surface area contributed by atoms with Gasteiger partial charge in [-0.25, -0.2) is 29.4 Å². The lowest BCUT2D eigenvalue weighted by Gasteiger charge is -1.91. The van der Waals surface area contributed by atoms with Gasteiger partial charge in [-0.3, -0.25) is 0 Å². The maximum Gasteiger partial charge on any atom is 0.155 e. The van der Waals surface area contributed by atoms with Crippen LogP contribution in [0.4, 0.5) is 0 Å². The molecule has 30 heavy (non-hydrogen) atoms. The molecule has 0 aliphatic rings. The molecule has 4 aromatic heterocycles. The normalized spacial score (nSPS) is 8.17. The quantitative estimate of drug-likeness (QED) is 0.370. The Balaban J connectivity index is 0. The average molecular weight is 412 g/mol. The minimum Gasteiger partial charge on any atom is -0.245 e. The maximum atomic E-state index is 4.24. The number of hydrogen-bond donors (Lipinski definition) is 0. The second-order valence-corrected chi connectivity index (χ2v) is 4.85. The molecule has 0 fully saturated rings. The van der Waals surface area contributed by atoms with Crippen molar-refractivity contribution in [2.45, 2.75) is 62.3 Å². The highest BCUT2D eigenvalue weighted by molar-refractivity contribution is 5.35. The molecule has 0 amide bonds. The third-order valence-electron chi connectivity index (χ3n) is 2.82. The SMILES string of the molecule is CC.CC.CC.Cc1ccn2nccc2n1.Cc1ccncn1.Cc1ncccn1. The van der Waals surface area contributed by atoms with E-state index in [1.54, 1.807) is 35.4 Å². The first-order valence-electron chi connectivity index (χ1n) is 10.4. The molecule has 4 aromatic rings. The first kappa shape index (κ1) is 29.0. The van der Waals surface area contributed by atoms with Gasteiger partial charge in [0.25, 0.3) is 0 Å². The van der Waals surface area contributed by atoms with Crippen molar-refractivity contribution < 1.29 is 0 Å². The molecule has 0 aliphatic heterocycles. The number of fused-ring (bicyclic) bond motifs is 1. The van der Waals surface area contributed by atoms with Gasteiger partial charge in [-0.15, -0.1) is 0 Å². The van der Waals surface area contributed by atoms with Gasteiger partial charge in [0.1, 0.15) is 12.2 Å². The topological polar surface area (TPSA) is 81.8 Å². The second kappa shape index (κ2) is 20.5. The summed E-state index contributed by atoms with van der Waals surface area (Å²) < 4.78 is 1.74. The largest absolute Gasteiger partial charge is 0.245 e. The Labute approximate surface area is 181 Å². The van der Waals surface area contributed by atoms with E-state index < -0.39 is 0 Å². The summed E-state index contributed by atoms with van der Waals surface area (Å²) in [6, 6.07) is 7.47. The molecule has 0 saturated heterocycles. The van der Waals surface area contributed by atoms with Crippen LogP contribution in [0.3, 0.4) is 0 Å². The van der Waals surface area contributed by atoms with Gasteiger partial charge < -0.3 is 0 Å². The zero-order chi connectivity index (χ0) is 23.2. The third-order valence-corrected chi connectivity index (χ3v) is 2.82. The van der Waals surface area contributed by atoms with Gasteiger partial charge in [0.2, 0.25) is 0 Å². The molecule has 0 radical (unpaired) electrons. The Morgan fingerprint density at radius 2 is 1.30 bits per heavy atom. The Bertz CT molecular complexity index is 809. The van der Waals surface area contributed by atoms with E-state index in [0.29, 0.717) is 0 Å². The average Bonchev–Trinajstić information content (AvgIpc) is 3.28. The van der Waals surface area contributed by atoms with Gasteiger partial charge in [-0.1, -0.05) is 41.5 Å². The number of nitrogens with zero attached hydrogens (tertiary/aromatic N) is 7. The zero-order valence-corrected chi connectivity index (χ0v) is 19.9. The van der Waals surface area contributed by atoms with Crippen molar-refractivity contribution in [1.82, 2.24) is 34.5 Å². The summed E-state index contributed by atoms with van der Waals surface area (Å²) in [6.45, 7) is 17.8. The number of rotatable bonds is 0. The Kier molecular flexibility index (Phi) is 19.8. The van der Waals surface area contributed by atoms with Crippen LogP contribution < -0.4 is 0 Å². The fourth-order valence-corrected chi connectivity index (χ4v) is 1.64. The lowest BCUT2D eigenvalue weighted by Crippen LogP contribution is -1.89. The highest BCUT2D eigenvalue weighted by atomic mass is 15.2. The van der Waals surface area contributed by atoms with Crippen LogP contribution in [0.1, 0.15) is 58.8 Å². The van der Waals surface area contributed by atoms with Crippen molar-refractivity contribution in [1.29, 1.82) is 0 Å². The monoisotopic (exact) mass is 411 g/mol. The summed E-state index contributed by atoms with van der Waals surface area (Å²) in [5.41, 5.74) is 2.93. The predicted molar refractivity (Wildman–Crippen MR) is 125 cm³/mol. The van der Waals surface area contributed by atoms with E-state index in [2.05, 4.69) is 30.0 Å². The minimum atomic E-state index is 0.822. The van der Waals surface area contributed by atoms with Gasteiger partial charge in [-0.05, 0) is 39.0 Å². The van der Waals surface area contributed by atoms with Crippen LogP contribution >= 0.6 is 0 Å². The van der Waals surface area contributed by atoms with Crippen LogP contribution in [0.5, 0.6) is 0 Å². The fraction of sp³-hybridized carbons (Fsp3) is 0.391. The van der Waals surface area contributed by atoms with E-state index >= 15 is 0 Å². The van der Waals surface area contributed by atoms with Crippen molar-refractivity contribution >= 4 is 5.65 Å². The Morgan fingerprint density at radius 1 is 0.667 bits per heavy atom. The fourth-order valence-electron chi connectivity index (χ4n) is 1.64. The van der Waals surface area contributed by atoms with E-state index in [-0.39, 0.29) is 0 Å². The molecular weight excluding hydrogens is 374 g/mol. The molecule has 0 saturated carbocycles. The summed E-state index contributed by atoms with van der Waals surface area (Å²) in [4.78, 5) is 19.6. The van der Waals surface area contributed by atoms with Crippen molar-refractivity contribution in [2.24, 2.45) is 0 Å². The van der Waals surface area contributed by atoms with Crippen LogP contribution in [-0.2, 0) is 0 Å². The Morgan fingerprint density at radius 3 is 1.73 bits per heavy atom. The van der Waals surface area contributed by atoms with Gasteiger partial charge in [0, 0.05) is 42.2 Å². The first-order chi connectivity index (χ1) is 14.6. The molecule has 164 valence electrons. The molecule has 0 aromatic carbocycles. The van der Waals surface area contributed by atoms with Crippen molar-refractivity contribution in [3.63, 3.8) is 0 Å². The summed E-state index contributed by atoms with van der Waals surface area (Å²) in [5, 5.41) is 4.01. The third kappa shape index (κ3) is 13.9. The number of aryl methyl sites for hydroxylation is 3. The first-order valence-corrected chi connectivity index (χ1v) is 10.4. The predicted octanol–water partition coefficient (Wildman–Crippen LogP) is 5.69. The molecule has 7 heteroatoms. The zero-order valence-electron chi connectivity index (χ0n) is 19.9. The van der Waals surface area contributed by atoms with E-state index in [0.717, 1.165) is 22.9 Å². The van der Waals surface area contributed by atoms with Crippen LogP contribution in [0.25, 0.3) is 5.65 Å². The molecule has 0 N–H and O–H groups in total. The van der Waals surface area contributed by atoms with Crippen LogP contribution in [0.2, 0.25) is 0 Å². The van der Waals surface area contributed by atoms with Crippen molar-refractivity contribution in [2.75, 3.05) is 0 Å². The minimum absolute atomic E-state index is 0.822. The summed E-state index contributed by atoms with van der Waals surface area (Å²) >= 11 is 0. The van der Waals surface area contributed by atoms with E-state index in [4.69, 9.17) is 0 Å². The summed E-state index contributed by atoms with van der Waals surface area (Å²) in [6.07, 6.45) is 10.3. The molecule has 0 spiro atoms. The molecule has 0 aliphatic carbocycles. The number of aromatic nitrogens is 7. The molecule has 0 bridgehead atoms. The lowest BCUT2D eigenvalue weighted by atomic mass is 10.4. The molecule has 7 nitrogen and oxygen atoms in total. The standard InChI is InChI=1S/C7H7N3.2C5H6N2.3C2H6/c1-6-3-5-10-7(9-6)2-4-8-10;1-5-2-3-6-4-7-5;1-5-6-3-2-4-7-5;3*1-2/h2-5H,1H3;2*2-4H,1H3;3*1-2H3. The van der Waals surface area contributed by atoms with Crippen molar-refractivity contribution in [3.05, 3.63) is 78.8 Å². The van der Waals surface area contributed by atoms with Crippen LogP contribution in [0, 0.1) is 20.8 Å². The molecular formula is C23H37N7. The van der Waals surface area contributed by atoms with Crippen LogP contribution in [0.15, 0.2) is 61.6 Å². The molecule has 0 unspecified atom stereocenters. The lowest BCUT2D eigenvalue weighted by molar-refractivity contribution is 0.929. The summed E-state index contributed by atoms with van der Waals surface area (Å²) in [5.74, 6) is 0.822. The summed E-state index contributed by atoms with van der Waals surface area (Å²) in [7, 11) is 0. The molecule has 4 rings (SSSR count). The van der Waals surface area contributed by atoms with Gasteiger partial charge >= 0.3 is 0 Å². The van der Waals surface area contributed by atoms with Gasteiger partial charge in [-0.2, -0.15) is 5.10 Å². The smallest absolute Gasteiger partial charge is 0.155 e.